The Labute approximate surface area is 106 Å². The number of rotatable bonds is 3. The fourth-order valence-corrected chi connectivity index (χ4v) is 1.83. The van der Waals surface area contributed by atoms with Crippen molar-refractivity contribution in [2.75, 3.05) is 14.2 Å². The number of hydrogen-bond acceptors (Lipinski definition) is 3. The van der Waals surface area contributed by atoms with Crippen LogP contribution in [0, 0.1) is 12.3 Å². The van der Waals surface area contributed by atoms with Crippen LogP contribution in [0.4, 0.5) is 0 Å². The van der Waals surface area contributed by atoms with Crippen LogP contribution in [0.1, 0.15) is 5.56 Å². The Morgan fingerprint density at radius 1 is 1.11 bits per heavy atom. The van der Waals surface area contributed by atoms with Gasteiger partial charge in [-0.15, -0.1) is 6.42 Å². The van der Waals surface area contributed by atoms with Crippen molar-refractivity contribution < 1.29 is 9.47 Å². The highest BCUT2D eigenvalue weighted by atomic mass is 16.5. The van der Waals surface area contributed by atoms with Crippen molar-refractivity contribution in [1.29, 1.82) is 0 Å². The van der Waals surface area contributed by atoms with Gasteiger partial charge in [0.25, 0.3) is 0 Å². The van der Waals surface area contributed by atoms with E-state index in [1.54, 1.807) is 32.7 Å². The summed E-state index contributed by atoms with van der Waals surface area (Å²) in [5.41, 5.74) is 2.50. The van der Waals surface area contributed by atoms with Crippen molar-refractivity contribution in [3.63, 3.8) is 0 Å². The van der Waals surface area contributed by atoms with E-state index in [0.717, 1.165) is 16.7 Å². The van der Waals surface area contributed by atoms with Crippen LogP contribution in [0.2, 0.25) is 0 Å². The molecule has 1 aromatic carbocycles. The predicted molar refractivity (Wildman–Crippen MR) is 70.7 cm³/mol. The van der Waals surface area contributed by atoms with Gasteiger partial charge in [-0.2, -0.15) is 0 Å². The molecule has 0 atom stereocenters. The molecular formula is C15H13NO2. The second-order valence-electron chi connectivity index (χ2n) is 3.61. The molecule has 0 aliphatic carbocycles. The third kappa shape index (κ3) is 2.01. The van der Waals surface area contributed by atoms with Crippen LogP contribution >= 0.6 is 0 Å². The number of nitrogens with zero attached hydrogens (tertiary/aromatic N) is 1. The van der Waals surface area contributed by atoms with Crippen molar-refractivity contribution >= 4 is 0 Å². The molecule has 90 valence electrons. The molecule has 0 spiro atoms. The number of terminal acetylenes is 1. The van der Waals surface area contributed by atoms with Crippen LogP contribution in [-0.2, 0) is 0 Å². The van der Waals surface area contributed by atoms with Gasteiger partial charge in [-0.25, -0.2) is 0 Å². The molecule has 3 nitrogen and oxygen atoms in total. The Hall–Kier alpha value is -2.47. The monoisotopic (exact) mass is 239 g/mol. The average Bonchev–Trinajstić information content (AvgIpc) is 2.46. The topological polar surface area (TPSA) is 31.4 Å². The Kier molecular flexibility index (Phi) is 3.49. The standard InChI is InChI=1S/C15H13NO2/c1-4-11-8-9-16-10-13(11)12-6-5-7-14(17-2)15(12)18-3/h1,5-10H,2-3H3. The molecular weight excluding hydrogens is 226 g/mol. The van der Waals surface area contributed by atoms with Gasteiger partial charge >= 0.3 is 0 Å². The maximum atomic E-state index is 5.50. The molecule has 0 unspecified atom stereocenters. The molecule has 0 amide bonds. The Morgan fingerprint density at radius 2 is 1.94 bits per heavy atom. The lowest BCUT2D eigenvalue weighted by molar-refractivity contribution is 0.356. The highest BCUT2D eigenvalue weighted by Crippen LogP contribution is 2.38. The van der Waals surface area contributed by atoms with Gasteiger partial charge in [-0.3, -0.25) is 4.98 Å². The van der Waals surface area contributed by atoms with Gasteiger partial charge in [0.15, 0.2) is 11.5 Å². The van der Waals surface area contributed by atoms with E-state index in [1.807, 2.05) is 18.2 Å². The van der Waals surface area contributed by atoms with E-state index in [1.165, 1.54) is 0 Å². The van der Waals surface area contributed by atoms with Gasteiger partial charge in [0.2, 0.25) is 0 Å². The van der Waals surface area contributed by atoms with Gasteiger partial charge < -0.3 is 9.47 Å². The average molecular weight is 239 g/mol. The highest BCUT2D eigenvalue weighted by Gasteiger charge is 2.13. The number of methoxy groups -OCH3 is 2. The maximum absolute atomic E-state index is 5.50. The van der Waals surface area contributed by atoms with Crippen molar-refractivity contribution in [2.24, 2.45) is 0 Å². The second kappa shape index (κ2) is 5.24. The summed E-state index contributed by atoms with van der Waals surface area (Å²) in [5.74, 6) is 3.97. The molecule has 0 bridgehead atoms. The summed E-state index contributed by atoms with van der Waals surface area (Å²) in [6.45, 7) is 0. The van der Waals surface area contributed by atoms with Gasteiger partial charge in [0, 0.05) is 29.1 Å². The molecule has 2 rings (SSSR count). The van der Waals surface area contributed by atoms with E-state index < -0.39 is 0 Å². The lowest BCUT2D eigenvalue weighted by atomic mass is 10.0. The first-order chi connectivity index (χ1) is 8.81. The van der Waals surface area contributed by atoms with E-state index >= 15 is 0 Å². The zero-order chi connectivity index (χ0) is 13.0. The summed E-state index contributed by atoms with van der Waals surface area (Å²) in [6, 6.07) is 7.46. The number of pyridine rings is 1. The van der Waals surface area contributed by atoms with Crippen molar-refractivity contribution in [1.82, 2.24) is 4.98 Å². The summed E-state index contributed by atoms with van der Waals surface area (Å²) in [7, 11) is 3.21. The minimum Gasteiger partial charge on any atom is -0.493 e. The van der Waals surface area contributed by atoms with Crippen molar-refractivity contribution in [3.05, 3.63) is 42.2 Å². The van der Waals surface area contributed by atoms with Crippen LogP contribution in [0.15, 0.2) is 36.7 Å². The zero-order valence-electron chi connectivity index (χ0n) is 10.3. The molecule has 0 aliphatic heterocycles. The molecule has 1 aromatic heterocycles. The molecule has 0 radical (unpaired) electrons. The SMILES string of the molecule is C#Cc1ccncc1-c1cccc(OC)c1OC. The zero-order valence-corrected chi connectivity index (χ0v) is 10.3. The quantitative estimate of drug-likeness (QED) is 0.772. The first-order valence-electron chi connectivity index (χ1n) is 5.43. The Bertz CT molecular complexity index is 600. The van der Waals surface area contributed by atoms with Gasteiger partial charge in [0.1, 0.15) is 0 Å². The number of aromatic nitrogens is 1. The van der Waals surface area contributed by atoms with Gasteiger partial charge in [0.05, 0.1) is 14.2 Å². The van der Waals surface area contributed by atoms with Gasteiger partial charge in [-0.1, -0.05) is 18.1 Å². The molecule has 0 aliphatic rings. The predicted octanol–water partition coefficient (Wildman–Crippen LogP) is 2.75. The number of benzene rings is 1. The third-order valence-electron chi connectivity index (χ3n) is 2.67. The summed E-state index contributed by atoms with van der Waals surface area (Å²) in [5, 5.41) is 0. The summed E-state index contributed by atoms with van der Waals surface area (Å²) in [6.07, 6.45) is 8.90. The first-order valence-corrected chi connectivity index (χ1v) is 5.43. The normalized spacial score (nSPS) is 9.61. The molecule has 3 heteroatoms. The molecule has 1 heterocycles. The number of para-hydroxylation sites is 1. The Morgan fingerprint density at radius 3 is 2.61 bits per heavy atom. The molecule has 0 N–H and O–H groups in total. The minimum absolute atomic E-state index is 0.657. The second-order valence-corrected chi connectivity index (χ2v) is 3.61. The van der Waals surface area contributed by atoms with Crippen molar-refractivity contribution in [3.8, 4) is 35.0 Å². The third-order valence-corrected chi connectivity index (χ3v) is 2.67. The Balaban J connectivity index is 2.68. The van der Waals surface area contributed by atoms with Crippen molar-refractivity contribution in [2.45, 2.75) is 0 Å². The first kappa shape index (κ1) is 12.0. The maximum Gasteiger partial charge on any atom is 0.168 e. The highest BCUT2D eigenvalue weighted by molar-refractivity contribution is 5.77. The number of hydrogen-bond donors (Lipinski definition) is 0. The fraction of sp³-hybridized carbons (Fsp3) is 0.133. The minimum atomic E-state index is 0.657. The lowest BCUT2D eigenvalue weighted by Crippen LogP contribution is -1.94. The van der Waals surface area contributed by atoms with E-state index in [4.69, 9.17) is 15.9 Å². The van der Waals surface area contributed by atoms with Crippen LogP contribution in [-0.4, -0.2) is 19.2 Å². The van der Waals surface area contributed by atoms with E-state index in [0.29, 0.717) is 11.5 Å². The summed E-state index contributed by atoms with van der Waals surface area (Å²) >= 11 is 0. The summed E-state index contributed by atoms with van der Waals surface area (Å²) < 4.78 is 10.7. The molecule has 18 heavy (non-hydrogen) atoms. The fourth-order valence-electron chi connectivity index (χ4n) is 1.83. The van der Waals surface area contributed by atoms with Crippen LogP contribution in [0.25, 0.3) is 11.1 Å². The number of ether oxygens (including phenoxy) is 2. The van der Waals surface area contributed by atoms with E-state index in [9.17, 15) is 0 Å². The smallest absolute Gasteiger partial charge is 0.168 e. The van der Waals surface area contributed by atoms with Crippen LogP contribution in [0.5, 0.6) is 11.5 Å². The summed E-state index contributed by atoms with van der Waals surface area (Å²) in [4.78, 5) is 4.11. The largest absolute Gasteiger partial charge is 0.493 e. The molecule has 2 aromatic rings. The van der Waals surface area contributed by atoms with E-state index in [-0.39, 0.29) is 0 Å². The van der Waals surface area contributed by atoms with Gasteiger partial charge in [-0.05, 0) is 12.1 Å². The molecule has 0 saturated heterocycles. The molecule has 0 saturated carbocycles. The van der Waals surface area contributed by atoms with E-state index in [2.05, 4.69) is 10.9 Å². The van der Waals surface area contributed by atoms with Crippen LogP contribution in [0.3, 0.4) is 0 Å². The molecule has 0 fully saturated rings. The lowest BCUT2D eigenvalue weighted by Gasteiger charge is -2.13. The van der Waals surface area contributed by atoms with Crippen LogP contribution < -0.4 is 9.47 Å².